The summed E-state index contributed by atoms with van der Waals surface area (Å²) in [7, 11) is -2.41. The van der Waals surface area contributed by atoms with E-state index >= 15 is 0 Å². The van der Waals surface area contributed by atoms with Gasteiger partial charge in [0.15, 0.2) is 0 Å². The Morgan fingerprint density at radius 3 is 2.24 bits per heavy atom. The van der Waals surface area contributed by atoms with Crippen LogP contribution in [0.2, 0.25) is 0 Å². The summed E-state index contributed by atoms with van der Waals surface area (Å²) in [4.78, 5) is 24.6. The van der Waals surface area contributed by atoms with Gasteiger partial charge in [0.1, 0.15) is 0 Å². The number of fused-ring (bicyclic) bond motifs is 1. The summed E-state index contributed by atoms with van der Waals surface area (Å²) in [6.07, 6.45) is 0.509. The van der Waals surface area contributed by atoms with Crippen LogP contribution in [-0.4, -0.2) is 33.4 Å². The average Bonchev–Trinajstić information content (AvgIpc) is 3.14. The largest absolute Gasteiger partial charge is 0.465 e. The Labute approximate surface area is 193 Å². The maximum absolute atomic E-state index is 13.3. The minimum Gasteiger partial charge on any atom is -0.465 e. The third-order valence-corrected chi connectivity index (χ3v) is 7.58. The van der Waals surface area contributed by atoms with E-state index in [1.807, 2.05) is 13.8 Å². The predicted molar refractivity (Wildman–Crippen MR) is 126 cm³/mol. The molecule has 0 spiro atoms. The first-order chi connectivity index (χ1) is 15.7. The van der Waals surface area contributed by atoms with E-state index < -0.39 is 16.0 Å². The van der Waals surface area contributed by atoms with Gasteiger partial charge in [-0.1, -0.05) is 17.7 Å². The summed E-state index contributed by atoms with van der Waals surface area (Å²) in [6, 6.07) is 17.9. The quantitative estimate of drug-likeness (QED) is 0.572. The first-order valence-corrected chi connectivity index (χ1v) is 11.9. The molecule has 0 aromatic heterocycles. The smallest absolute Gasteiger partial charge is 0.337 e. The molecule has 7 nitrogen and oxygen atoms in total. The number of hydrogen-bond donors (Lipinski definition) is 1. The third kappa shape index (κ3) is 4.34. The van der Waals surface area contributed by atoms with E-state index in [1.54, 1.807) is 66.7 Å². The van der Waals surface area contributed by atoms with Crippen LogP contribution in [0.1, 0.15) is 38.8 Å². The monoisotopic (exact) mass is 464 g/mol. The Hall–Kier alpha value is -3.65. The van der Waals surface area contributed by atoms with Crippen LogP contribution in [-0.2, 0) is 21.2 Å². The molecule has 1 N–H and O–H groups in total. The van der Waals surface area contributed by atoms with Gasteiger partial charge in [-0.25, -0.2) is 13.2 Å². The fraction of sp³-hybridized carbons (Fsp3) is 0.200. The maximum atomic E-state index is 13.3. The molecule has 33 heavy (non-hydrogen) atoms. The van der Waals surface area contributed by atoms with Gasteiger partial charge in [-0.3, -0.25) is 9.10 Å². The second-order valence-corrected chi connectivity index (χ2v) is 9.85. The zero-order valence-electron chi connectivity index (χ0n) is 18.5. The van der Waals surface area contributed by atoms with Crippen molar-refractivity contribution >= 4 is 33.3 Å². The normalized spacial score (nSPS) is 15.1. The van der Waals surface area contributed by atoms with E-state index in [0.29, 0.717) is 28.9 Å². The van der Waals surface area contributed by atoms with Crippen molar-refractivity contribution in [1.29, 1.82) is 0 Å². The van der Waals surface area contributed by atoms with Crippen molar-refractivity contribution in [3.05, 3.63) is 89.0 Å². The number of benzene rings is 3. The number of rotatable bonds is 5. The lowest BCUT2D eigenvalue weighted by Crippen LogP contribution is -2.35. The second-order valence-electron chi connectivity index (χ2n) is 8.03. The molecular formula is C25H24N2O5S. The predicted octanol–water partition coefficient (Wildman–Crippen LogP) is 4.17. The number of amides is 1. The average molecular weight is 465 g/mol. The molecule has 0 saturated carbocycles. The number of sulfonamides is 1. The highest BCUT2D eigenvalue weighted by molar-refractivity contribution is 7.92. The molecule has 0 saturated heterocycles. The summed E-state index contributed by atoms with van der Waals surface area (Å²) in [5.41, 5.74) is 3.71. The molecule has 170 valence electrons. The molecule has 0 radical (unpaired) electrons. The Bertz CT molecular complexity index is 1320. The Morgan fingerprint density at radius 2 is 1.61 bits per heavy atom. The number of methoxy groups -OCH3 is 1. The fourth-order valence-electron chi connectivity index (χ4n) is 3.94. The molecule has 4 rings (SSSR count). The molecule has 1 aliphatic heterocycles. The molecule has 1 heterocycles. The summed E-state index contributed by atoms with van der Waals surface area (Å²) >= 11 is 0. The van der Waals surface area contributed by atoms with Gasteiger partial charge < -0.3 is 10.1 Å². The zero-order valence-corrected chi connectivity index (χ0v) is 19.3. The summed E-state index contributed by atoms with van der Waals surface area (Å²) in [6.45, 7) is 3.76. The van der Waals surface area contributed by atoms with Gasteiger partial charge in [-0.2, -0.15) is 0 Å². The number of carbonyl (C=O) groups is 2. The molecule has 1 atom stereocenters. The van der Waals surface area contributed by atoms with E-state index in [4.69, 9.17) is 0 Å². The molecule has 3 aromatic carbocycles. The number of aryl methyl sites for hydroxylation is 1. The molecule has 1 amide bonds. The zero-order chi connectivity index (χ0) is 23.8. The van der Waals surface area contributed by atoms with Crippen molar-refractivity contribution in [3.8, 4) is 0 Å². The first kappa shape index (κ1) is 22.5. The van der Waals surface area contributed by atoms with Crippen LogP contribution in [0.25, 0.3) is 0 Å². The van der Waals surface area contributed by atoms with Crippen LogP contribution in [0.4, 0.5) is 11.4 Å². The minimum absolute atomic E-state index is 0.241. The van der Waals surface area contributed by atoms with Gasteiger partial charge in [0.25, 0.3) is 15.9 Å². The number of anilines is 2. The second kappa shape index (κ2) is 8.71. The summed E-state index contributed by atoms with van der Waals surface area (Å²) in [5.74, 6) is -0.776. The van der Waals surface area contributed by atoms with Crippen LogP contribution in [0.15, 0.2) is 71.6 Å². The lowest BCUT2D eigenvalue weighted by atomic mass is 10.1. The molecule has 1 aliphatic rings. The van der Waals surface area contributed by atoms with Crippen molar-refractivity contribution in [2.24, 2.45) is 0 Å². The molecule has 0 fully saturated rings. The number of nitrogens with one attached hydrogen (secondary N) is 1. The Balaban J connectivity index is 1.56. The van der Waals surface area contributed by atoms with Crippen molar-refractivity contribution in [1.82, 2.24) is 0 Å². The SMILES string of the molecule is COC(=O)c1ccc(NC(=O)c2ccc3c(c2)C[C@@H](C)N3S(=O)(=O)c2ccc(C)cc2)cc1. The van der Waals surface area contributed by atoms with E-state index in [-0.39, 0.29) is 16.8 Å². The summed E-state index contributed by atoms with van der Waals surface area (Å²) < 4.78 is 32.7. The minimum atomic E-state index is -3.72. The van der Waals surface area contributed by atoms with Gasteiger partial charge >= 0.3 is 5.97 Å². The number of hydrogen-bond acceptors (Lipinski definition) is 5. The van der Waals surface area contributed by atoms with E-state index in [2.05, 4.69) is 10.1 Å². The Kier molecular flexibility index (Phi) is 5.95. The first-order valence-electron chi connectivity index (χ1n) is 10.4. The molecular weight excluding hydrogens is 440 g/mol. The highest BCUT2D eigenvalue weighted by Gasteiger charge is 2.36. The third-order valence-electron chi connectivity index (χ3n) is 5.64. The van der Waals surface area contributed by atoms with Crippen molar-refractivity contribution in [3.63, 3.8) is 0 Å². The van der Waals surface area contributed by atoms with Gasteiger partial charge in [-0.15, -0.1) is 0 Å². The van der Waals surface area contributed by atoms with Crippen molar-refractivity contribution in [2.75, 3.05) is 16.7 Å². The van der Waals surface area contributed by atoms with Crippen molar-refractivity contribution in [2.45, 2.75) is 31.2 Å². The highest BCUT2D eigenvalue weighted by Crippen LogP contribution is 2.37. The van der Waals surface area contributed by atoms with Crippen LogP contribution in [0, 0.1) is 6.92 Å². The molecule has 0 bridgehead atoms. The molecule has 0 unspecified atom stereocenters. The fourth-order valence-corrected chi connectivity index (χ4v) is 5.64. The number of esters is 1. The number of ether oxygens (including phenoxy) is 1. The number of nitrogens with zero attached hydrogens (tertiary/aromatic N) is 1. The van der Waals surface area contributed by atoms with Gasteiger partial charge in [0.05, 0.1) is 23.3 Å². The van der Waals surface area contributed by atoms with E-state index in [1.165, 1.54) is 11.4 Å². The van der Waals surface area contributed by atoms with Crippen molar-refractivity contribution < 1.29 is 22.7 Å². The summed E-state index contributed by atoms with van der Waals surface area (Å²) in [5, 5.41) is 2.79. The lowest BCUT2D eigenvalue weighted by Gasteiger charge is -2.24. The molecule has 8 heteroatoms. The van der Waals surface area contributed by atoms with Gasteiger partial charge in [-0.05, 0) is 80.4 Å². The van der Waals surface area contributed by atoms with Crippen LogP contribution >= 0.6 is 0 Å². The highest BCUT2D eigenvalue weighted by atomic mass is 32.2. The standard InChI is InChI=1S/C25H24N2O5S/c1-16-4-11-22(12-5-16)33(30,31)27-17(2)14-20-15-19(8-13-23(20)27)24(28)26-21-9-6-18(7-10-21)25(29)32-3/h4-13,15,17H,14H2,1-3H3,(H,26,28)/t17-/m1/s1. The topological polar surface area (TPSA) is 92.8 Å². The van der Waals surface area contributed by atoms with Gasteiger partial charge in [0, 0.05) is 17.3 Å². The lowest BCUT2D eigenvalue weighted by molar-refractivity contribution is 0.0600. The van der Waals surface area contributed by atoms with Crippen LogP contribution < -0.4 is 9.62 Å². The Morgan fingerprint density at radius 1 is 0.970 bits per heavy atom. The molecule has 0 aliphatic carbocycles. The maximum Gasteiger partial charge on any atom is 0.337 e. The molecule has 3 aromatic rings. The van der Waals surface area contributed by atoms with E-state index in [9.17, 15) is 18.0 Å². The van der Waals surface area contributed by atoms with Crippen LogP contribution in [0.5, 0.6) is 0 Å². The van der Waals surface area contributed by atoms with Crippen LogP contribution in [0.3, 0.4) is 0 Å². The van der Waals surface area contributed by atoms with Gasteiger partial charge in [0.2, 0.25) is 0 Å². The van der Waals surface area contributed by atoms with E-state index in [0.717, 1.165) is 11.1 Å². The number of carbonyl (C=O) groups excluding carboxylic acids is 2.